The molecule has 2 heterocycles. The number of carbonyl (C=O) groups is 2. The number of hydrogen-bond donors (Lipinski definition) is 2. The van der Waals surface area contributed by atoms with Crippen molar-refractivity contribution in [3.05, 3.63) is 46.8 Å². The first-order chi connectivity index (χ1) is 14.9. The molecule has 2 aliphatic heterocycles. The average molecular weight is 430 g/mol. The summed E-state index contributed by atoms with van der Waals surface area (Å²) in [6.07, 6.45) is 2.28. The van der Waals surface area contributed by atoms with E-state index in [2.05, 4.69) is 47.8 Å². The molecule has 0 radical (unpaired) electrons. The fourth-order valence-electron chi connectivity index (χ4n) is 4.77. The molecule has 1 aromatic carbocycles. The molecule has 31 heavy (non-hydrogen) atoms. The van der Waals surface area contributed by atoms with E-state index in [0.29, 0.717) is 12.4 Å². The Morgan fingerprint density at radius 3 is 2.61 bits per heavy atom. The number of hydrazine groups is 1. The van der Waals surface area contributed by atoms with Crippen molar-refractivity contribution in [2.24, 2.45) is 11.8 Å². The molecule has 0 bridgehead atoms. The fourth-order valence-corrected chi connectivity index (χ4v) is 4.77. The van der Waals surface area contributed by atoms with E-state index in [1.54, 1.807) is 13.1 Å². The lowest BCUT2D eigenvalue weighted by molar-refractivity contribution is -0.145. The Balaban J connectivity index is 1.57. The highest BCUT2D eigenvalue weighted by Crippen LogP contribution is 2.48. The Morgan fingerprint density at radius 1 is 1.13 bits per heavy atom. The van der Waals surface area contributed by atoms with E-state index in [0.717, 1.165) is 12.8 Å². The number of ether oxygens (including phenoxy) is 3. The Labute approximate surface area is 182 Å². The van der Waals surface area contributed by atoms with E-state index >= 15 is 0 Å². The van der Waals surface area contributed by atoms with E-state index < -0.39 is 6.16 Å². The van der Waals surface area contributed by atoms with Crippen LogP contribution in [0.25, 0.3) is 0 Å². The summed E-state index contributed by atoms with van der Waals surface area (Å²) in [6.45, 7) is 8.41. The summed E-state index contributed by atoms with van der Waals surface area (Å²) in [5.41, 5.74) is 6.91. The number of carbonyl (C=O) groups excluding carboxylic acids is 2. The summed E-state index contributed by atoms with van der Waals surface area (Å²) < 4.78 is 15.6. The van der Waals surface area contributed by atoms with Gasteiger partial charge in [-0.15, -0.1) is 0 Å². The van der Waals surface area contributed by atoms with Crippen LogP contribution >= 0.6 is 0 Å². The summed E-state index contributed by atoms with van der Waals surface area (Å²) >= 11 is 0. The van der Waals surface area contributed by atoms with Crippen LogP contribution in [0, 0.1) is 25.7 Å². The van der Waals surface area contributed by atoms with E-state index in [1.807, 2.05) is 6.92 Å². The van der Waals surface area contributed by atoms with Gasteiger partial charge in [-0.05, 0) is 57.6 Å². The van der Waals surface area contributed by atoms with Crippen LogP contribution in [-0.4, -0.2) is 42.6 Å². The number of esters is 1. The highest BCUT2D eigenvalue weighted by atomic mass is 16.7. The van der Waals surface area contributed by atoms with Crippen molar-refractivity contribution in [1.29, 1.82) is 0 Å². The molecule has 4 rings (SSSR count). The molecule has 168 valence electrons. The number of fused-ring (bicyclic) bond motifs is 1. The monoisotopic (exact) mass is 429 g/mol. The average Bonchev–Trinajstić information content (AvgIpc) is 3.44. The van der Waals surface area contributed by atoms with Gasteiger partial charge in [-0.2, -0.15) is 5.01 Å². The highest BCUT2D eigenvalue weighted by molar-refractivity contribution is 5.76. The van der Waals surface area contributed by atoms with Crippen molar-refractivity contribution in [3.63, 3.8) is 0 Å². The Bertz CT molecular complexity index is 886. The molecule has 2 N–H and O–H groups in total. The maximum atomic E-state index is 12.2. The molecule has 8 nitrogen and oxygen atoms in total. The minimum atomic E-state index is -0.722. The van der Waals surface area contributed by atoms with E-state index in [9.17, 15) is 9.59 Å². The number of hydrogen-bond acceptors (Lipinski definition) is 8. The van der Waals surface area contributed by atoms with Crippen molar-refractivity contribution in [2.45, 2.75) is 58.8 Å². The smallest absolute Gasteiger partial charge is 0.466 e. The van der Waals surface area contributed by atoms with Gasteiger partial charge in [0.05, 0.1) is 31.4 Å². The number of rotatable bonds is 6. The van der Waals surface area contributed by atoms with Crippen LogP contribution in [0.15, 0.2) is 30.2 Å². The fraction of sp³-hybridized carbons (Fsp3) is 0.565. The minimum absolute atomic E-state index is 0.0554. The van der Waals surface area contributed by atoms with Crippen LogP contribution in [0.5, 0.6) is 0 Å². The van der Waals surface area contributed by atoms with Gasteiger partial charge in [0, 0.05) is 6.04 Å². The normalized spacial score (nSPS) is 29.4. The summed E-state index contributed by atoms with van der Waals surface area (Å²) in [4.78, 5) is 24.2. The molecule has 0 amide bonds. The number of nitrogens with one attached hydrogen (secondary N) is 2. The lowest BCUT2D eigenvalue weighted by Crippen LogP contribution is -2.59. The van der Waals surface area contributed by atoms with Gasteiger partial charge < -0.3 is 19.6 Å². The predicted octanol–water partition coefficient (Wildman–Crippen LogP) is 3.07. The number of nitrogens with zero attached hydrogens (tertiary/aromatic N) is 1. The third kappa shape index (κ3) is 4.41. The first-order valence-electron chi connectivity index (χ1n) is 11.0. The summed E-state index contributed by atoms with van der Waals surface area (Å²) in [5.74, 6) is 0.476. The molecule has 1 aliphatic carbocycles. The number of aryl methyl sites for hydroxylation is 2. The van der Waals surface area contributed by atoms with Gasteiger partial charge in [0.15, 0.2) is 5.76 Å². The molecular weight excluding hydrogens is 398 g/mol. The van der Waals surface area contributed by atoms with Crippen molar-refractivity contribution in [3.8, 4) is 0 Å². The van der Waals surface area contributed by atoms with Crippen LogP contribution < -0.4 is 10.7 Å². The quantitative estimate of drug-likeness (QED) is 0.667. The van der Waals surface area contributed by atoms with Gasteiger partial charge in [0.25, 0.3) is 0 Å². The zero-order valence-electron chi connectivity index (χ0n) is 18.5. The molecule has 0 spiro atoms. The molecule has 5 unspecified atom stereocenters. The molecule has 1 saturated carbocycles. The second-order valence-corrected chi connectivity index (χ2v) is 8.41. The predicted molar refractivity (Wildman–Crippen MR) is 113 cm³/mol. The first kappa shape index (κ1) is 21.6. The van der Waals surface area contributed by atoms with Crippen molar-refractivity contribution in [1.82, 2.24) is 15.8 Å². The first-order valence-corrected chi connectivity index (χ1v) is 11.0. The third-order valence-electron chi connectivity index (χ3n) is 6.28. The van der Waals surface area contributed by atoms with Gasteiger partial charge in [0.1, 0.15) is 6.17 Å². The topological polar surface area (TPSA) is 89.1 Å². The summed E-state index contributed by atoms with van der Waals surface area (Å²) in [5, 5.41) is 5.66. The Kier molecular flexibility index (Phi) is 6.20. The zero-order chi connectivity index (χ0) is 22.1. The SMILES string of the molecule is CCOC(=O)OC1=CNN2C1NC(C1CC1C(=O)OCC)CC2c1ccc(C)cc1C. The Morgan fingerprint density at radius 2 is 1.90 bits per heavy atom. The van der Waals surface area contributed by atoms with Crippen molar-refractivity contribution >= 4 is 12.1 Å². The molecular formula is C23H31N3O5. The molecule has 1 aromatic rings. The minimum Gasteiger partial charge on any atom is -0.466 e. The van der Waals surface area contributed by atoms with Gasteiger partial charge in [-0.1, -0.05) is 23.8 Å². The largest absolute Gasteiger partial charge is 0.513 e. The van der Waals surface area contributed by atoms with E-state index in [1.165, 1.54) is 16.7 Å². The molecule has 2 fully saturated rings. The maximum absolute atomic E-state index is 12.2. The van der Waals surface area contributed by atoms with Crippen molar-refractivity contribution < 1.29 is 23.8 Å². The molecule has 1 saturated heterocycles. The zero-order valence-corrected chi connectivity index (χ0v) is 18.5. The van der Waals surface area contributed by atoms with Crippen LogP contribution in [-0.2, 0) is 19.0 Å². The van der Waals surface area contributed by atoms with Crippen LogP contribution in [0.4, 0.5) is 4.79 Å². The molecule has 0 aromatic heterocycles. The van der Waals surface area contributed by atoms with E-state index in [-0.39, 0.29) is 42.7 Å². The summed E-state index contributed by atoms with van der Waals surface area (Å²) in [6, 6.07) is 6.61. The van der Waals surface area contributed by atoms with Crippen LogP contribution in [0.2, 0.25) is 0 Å². The lowest BCUT2D eigenvalue weighted by atomic mass is 9.89. The van der Waals surface area contributed by atoms with Gasteiger partial charge in [-0.25, -0.2) is 4.79 Å². The Hall–Kier alpha value is -2.58. The lowest BCUT2D eigenvalue weighted by Gasteiger charge is -2.43. The molecule has 8 heteroatoms. The maximum Gasteiger partial charge on any atom is 0.513 e. The van der Waals surface area contributed by atoms with Crippen LogP contribution in [0.3, 0.4) is 0 Å². The van der Waals surface area contributed by atoms with Gasteiger partial charge >= 0.3 is 12.1 Å². The van der Waals surface area contributed by atoms with Crippen LogP contribution in [0.1, 0.15) is 49.4 Å². The van der Waals surface area contributed by atoms with E-state index in [4.69, 9.17) is 14.2 Å². The van der Waals surface area contributed by atoms with Gasteiger partial charge in [-0.3, -0.25) is 10.1 Å². The molecule has 3 aliphatic rings. The standard InChI is InChI=1S/C23H31N3O5/c1-5-29-22(27)17-10-16(17)18-11-19(15-8-7-13(3)9-14(15)4)26-21(25-18)20(12-24-26)31-23(28)30-6-2/h7-9,12,16-19,21,24-25H,5-6,10-11H2,1-4H3. The second kappa shape index (κ2) is 8.88. The highest BCUT2D eigenvalue weighted by Gasteiger charge is 2.53. The second-order valence-electron chi connectivity index (χ2n) is 8.41. The van der Waals surface area contributed by atoms with Crippen molar-refractivity contribution in [2.75, 3.05) is 13.2 Å². The molecule has 5 atom stereocenters. The third-order valence-corrected chi connectivity index (χ3v) is 6.28. The number of benzene rings is 1. The van der Waals surface area contributed by atoms with Gasteiger partial charge in [0.2, 0.25) is 0 Å². The summed E-state index contributed by atoms with van der Waals surface area (Å²) in [7, 11) is 0.